The molecule has 1 fully saturated rings. The van der Waals surface area contributed by atoms with E-state index < -0.39 is 12.2 Å². The molecule has 0 amide bonds. The van der Waals surface area contributed by atoms with Gasteiger partial charge in [-0.05, 0) is 55.4 Å². The monoisotopic (exact) mass is 377 g/mol. The fourth-order valence-corrected chi connectivity index (χ4v) is 4.67. The van der Waals surface area contributed by atoms with E-state index in [1.54, 1.807) is 0 Å². The molecule has 0 bridgehead atoms. The van der Waals surface area contributed by atoms with Crippen LogP contribution >= 0.6 is 0 Å². The lowest BCUT2D eigenvalue weighted by molar-refractivity contribution is 0.00545. The van der Waals surface area contributed by atoms with E-state index in [0.29, 0.717) is 17.9 Å². The molecule has 0 spiro atoms. The van der Waals surface area contributed by atoms with Crippen LogP contribution in [0.4, 0.5) is 5.82 Å². The summed E-state index contributed by atoms with van der Waals surface area (Å²) in [6.07, 6.45) is 9.08. The second-order valence-electron chi connectivity index (χ2n) is 7.83. The Hall–Kier alpha value is -2.77. The molecule has 2 aliphatic carbocycles. The van der Waals surface area contributed by atoms with Crippen molar-refractivity contribution in [1.82, 2.24) is 19.5 Å². The summed E-state index contributed by atoms with van der Waals surface area (Å²) in [4.78, 5) is 12.7. The predicted octanol–water partition coefficient (Wildman–Crippen LogP) is 2.11. The molecule has 0 radical (unpaired) electrons. The summed E-state index contributed by atoms with van der Waals surface area (Å²) in [5, 5.41) is 22.1. The summed E-state index contributed by atoms with van der Waals surface area (Å²) >= 11 is 0. The number of nitrogens with two attached hydrogens (primary N) is 1. The van der Waals surface area contributed by atoms with Crippen LogP contribution in [0.5, 0.6) is 0 Å². The molecule has 0 aromatic carbocycles. The third kappa shape index (κ3) is 2.78. The molecule has 1 saturated carbocycles. The molecule has 2 aliphatic rings. The number of rotatable bonds is 4. The van der Waals surface area contributed by atoms with Crippen LogP contribution in [0.25, 0.3) is 17.1 Å². The minimum Gasteiger partial charge on any atom is -0.390 e. The third-order valence-corrected chi connectivity index (χ3v) is 6.19. The Labute approximate surface area is 162 Å². The van der Waals surface area contributed by atoms with Crippen LogP contribution in [-0.2, 0) is 6.42 Å². The highest BCUT2D eigenvalue weighted by molar-refractivity contribution is 5.86. The van der Waals surface area contributed by atoms with Crippen molar-refractivity contribution >= 4 is 22.9 Å². The zero-order chi connectivity index (χ0) is 19.3. The van der Waals surface area contributed by atoms with Gasteiger partial charge in [0.05, 0.1) is 23.2 Å². The number of aromatic nitrogens is 4. The first kappa shape index (κ1) is 17.3. The van der Waals surface area contributed by atoms with Gasteiger partial charge in [-0.2, -0.15) is 0 Å². The second kappa shape index (κ2) is 6.68. The van der Waals surface area contributed by atoms with Gasteiger partial charge in [0.2, 0.25) is 0 Å². The highest BCUT2D eigenvalue weighted by Crippen LogP contribution is 2.40. The Balaban J connectivity index is 1.31. The summed E-state index contributed by atoms with van der Waals surface area (Å²) < 4.78 is 1.93. The van der Waals surface area contributed by atoms with Gasteiger partial charge in [0.1, 0.15) is 23.9 Å². The third-order valence-electron chi connectivity index (χ3n) is 6.19. The molecular formula is C21H23N5O2. The molecule has 4 N–H and O–H groups in total. The van der Waals surface area contributed by atoms with Crippen molar-refractivity contribution in [2.45, 2.75) is 43.9 Å². The average molecular weight is 377 g/mol. The topological polar surface area (TPSA) is 110 Å². The summed E-state index contributed by atoms with van der Waals surface area (Å²) in [6.45, 7) is 0. The number of allylic oxidation sites excluding steroid dienone is 1. The highest BCUT2D eigenvalue weighted by atomic mass is 16.3. The lowest BCUT2D eigenvalue weighted by Crippen LogP contribution is -2.29. The van der Waals surface area contributed by atoms with Crippen molar-refractivity contribution in [3.63, 3.8) is 0 Å². The van der Waals surface area contributed by atoms with E-state index >= 15 is 0 Å². The van der Waals surface area contributed by atoms with Crippen molar-refractivity contribution in [2.24, 2.45) is 5.92 Å². The van der Waals surface area contributed by atoms with Crippen molar-refractivity contribution < 1.29 is 10.2 Å². The SMILES string of the molecule is Nc1ncnc2c1ccn2[C@@H]1C[C@H](CCC2=Cc3ncccc3C2)[C@@H](O)[C@H]1O. The van der Waals surface area contributed by atoms with E-state index in [2.05, 4.69) is 27.1 Å². The maximum Gasteiger partial charge on any atom is 0.145 e. The van der Waals surface area contributed by atoms with E-state index in [1.807, 2.05) is 29.1 Å². The number of anilines is 1. The number of nitrogen functional groups attached to an aromatic ring is 1. The number of hydrogen-bond donors (Lipinski definition) is 3. The Morgan fingerprint density at radius 2 is 2.04 bits per heavy atom. The van der Waals surface area contributed by atoms with E-state index in [4.69, 9.17) is 5.73 Å². The molecule has 4 atom stereocenters. The van der Waals surface area contributed by atoms with Gasteiger partial charge in [0.15, 0.2) is 0 Å². The summed E-state index contributed by atoms with van der Waals surface area (Å²) in [5.74, 6) is 0.462. The van der Waals surface area contributed by atoms with Gasteiger partial charge in [-0.15, -0.1) is 0 Å². The number of aliphatic hydroxyl groups is 2. The van der Waals surface area contributed by atoms with Crippen LogP contribution in [-0.4, -0.2) is 41.9 Å². The summed E-state index contributed by atoms with van der Waals surface area (Å²) in [7, 11) is 0. The molecule has 28 heavy (non-hydrogen) atoms. The molecular weight excluding hydrogens is 354 g/mol. The van der Waals surface area contributed by atoms with Gasteiger partial charge in [0.25, 0.3) is 0 Å². The number of nitrogens with zero attached hydrogens (tertiary/aromatic N) is 4. The fourth-order valence-electron chi connectivity index (χ4n) is 4.67. The molecule has 7 heteroatoms. The molecule has 3 aromatic rings. The highest BCUT2D eigenvalue weighted by Gasteiger charge is 2.42. The van der Waals surface area contributed by atoms with Gasteiger partial charge < -0.3 is 20.5 Å². The van der Waals surface area contributed by atoms with Gasteiger partial charge >= 0.3 is 0 Å². The van der Waals surface area contributed by atoms with Gasteiger partial charge in [-0.1, -0.05) is 11.6 Å². The number of aliphatic hydroxyl groups excluding tert-OH is 2. The number of pyridine rings is 1. The zero-order valence-electron chi connectivity index (χ0n) is 15.4. The van der Waals surface area contributed by atoms with Crippen LogP contribution in [0, 0.1) is 5.92 Å². The number of fused-ring (bicyclic) bond motifs is 2. The summed E-state index contributed by atoms with van der Waals surface area (Å²) in [5.41, 5.74) is 10.3. The van der Waals surface area contributed by atoms with Crippen molar-refractivity contribution in [2.75, 3.05) is 5.73 Å². The largest absolute Gasteiger partial charge is 0.390 e. The molecule has 5 rings (SSSR count). The quantitative estimate of drug-likeness (QED) is 0.642. The molecule has 3 heterocycles. The normalized spacial score (nSPS) is 26.6. The van der Waals surface area contributed by atoms with Crippen LogP contribution in [0.3, 0.4) is 0 Å². The Morgan fingerprint density at radius 3 is 2.89 bits per heavy atom. The first-order valence-electron chi connectivity index (χ1n) is 9.68. The van der Waals surface area contributed by atoms with Gasteiger partial charge in [-0.25, -0.2) is 9.97 Å². The van der Waals surface area contributed by atoms with Crippen molar-refractivity contribution in [1.29, 1.82) is 0 Å². The maximum absolute atomic E-state index is 10.7. The van der Waals surface area contributed by atoms with Crippen molar-refractivity contribution in [3.8, 4) is 0 Å². The van der Waals surface area contributed by atoms with E-state index in [1.165, 1.54) is 17.5 Å². The van der Waals surface area contributed by atoms with Crippen LogP contribution in [0.1, 0.15) is 36.6 Å². The lowest BCUT2D eigenvalue weighted by atomic mass is 9.95. The Bertz CT molecular complexity index is 1060. The first-order chi connectivity index (χ1) is 13.6. The van der Waals surface area contributed by atoms with Crippen LogP contribution in [0.2, 0.25) is 0 Å². The van der Waals surface area contributed by atoms with Gasteiger partial charge in [0, 0.05) is 12.4 Å². The first-order valence-corrected chi connectivity index (χ1v) is 9.68. The van der Waals surface area contributed by atoms with Crippen LogP contribution < -0.4 is 5.73 Å². The Kier molecular flexibility index (Phi) is 4.14. The standard InChI is InChI=1S/C21H23N5O2/c22-20-15-5-7-26(21(15)25-11-24-20)17-10-14(18(27)19(17)28)4-3-12-8-13-2-1-6-23-16(13)9-12/h1-2,5-7,9,11,14,17-19,27-28H,3-4,8,10H2,(H2,22,24,25)/t14-,17+,18+,19-/m0/s1. The fraction of sp³-hybridized carbons (Fsp3) is 0.381. The van der Waals surface area contributed by atoms with E-state index in [-0.39, 0.29) is 12.0 Å². The predicted molar refractivity (Wildman–Crippen MR) is 106 cm³/mol. The molecule has 0 aliphatic heterocycles. The minimum atomic E-state index is -0.826. The Morgan fingerprint density at radius 1 is 1.14 bits per heavy atom. The van der Waals surface area contributed by atoms with E-state index in [0.717, 1.165) is 30.3 Å². The molecule has 3 aromatic heterocycles. The zero-order valence-corrected chi connectivity index (χ0v) is 15.4. The molecule has 0 saturated heterocycles. The second-order valence-corrected chi connectivity index (χ2v) is 7.83. The lowest BCUT2D eigenvalue weighted by Gasteiger charge is -2.19. The average Bonchev–Trinajstić information content (AvgIpc) is 3.38. The molecule has 7 nitrogen and oxygen atoms in total. The smallest absolute Gasteiger partial charge is 0.145 e. The van der Waals surface area contributed by atoms with E-state index in [9.17, 15) is 10.2 Å². The minimum absolute atomic E-state index is 0.0363. The molecule has 144 valence electrons. The maximum atomic E-state index is 10.7. The van der Waals surface area contributed by atoms with Gasteiger partial charge in [-0.3, -0.25) is 4.98 Å². The number of hydrogen-bond acceptors (Lipinski definition) is 6. The van der Waals surface area contributed by atoms with Crippen LogP contribution in [0.15, 0.2) is 42.5 Å². The summed E-state index contributed by atoms with van der Waals surface area (Å²) in [6, 6.07) is 5.73. The van der Waals surface area contributed by atoms with Crippen molar-refractivity contribution in [3.05, 3.63) is 53.8 Å². The molecule has 0 unspecified atom stereocenters.